The number of alkyl halides is 2. The molecule has 2 atom stereocenters. The van der Waals surface area contributed by atoms with E-state index in [2.05, 4.69) is 15.0 Å². The lowest BCUT2D eigenvalue weighted by Gasteiger charge is -2.20. The molecule has 1 aromatic heterocycles. The number of nitrogens with zero attached hydrogens (tertiary/aromatic N) is 2. The van der Waals surface area contributed by atoms with Crippen LogP contribution in [0.5, 0.6) is 11.5 Å². The van der Waals surface area contributed by atoms with E-state index in [0.29, 0.717) is 0 Å². The maximum atomic E-state index is 15.2. The van der Waals surface area contributed by atoms with Gasteiger partial charge < -0.3 is 19.4 Å². The molecule has 1 aliphatic heterocycles. The molecule has 1 N–H and O–H groups in total. The van der Waals surface area contributed by atoms with Crippen molar-refractivity contribution < 1.29 is 41.2 Å². The van der Waals surface area contributed by atoms with Gasteiger partial charge >= 0.3 is 6.61 Å². The van der Waals surface area contributed by atoms with Gasteiger partial charge in [0.05, 0.1) is 12.4 Å². The van der Waals surface area contributed by atoms with Crippen molar-refractivity contribution in [1.29, 1.82) is 0 Å². The molecule has 39 heavy (non-hydrogen) atoms. The van der Waals surface area contributed by atoms with Crippen molar-refractivity contribution in [1.82, 2.24) is 10.3 Å². The van der Waals surface area contributed by atoms with Crippen LogP contribution in [0.2, 0.25) is 0 Å². The highest BCUT2D eigenvalue weighted by Gasteiger charge is 2.46. The number of rotatable bonds is 8. The molecule has 3 aromatic rings. The minimum absolute atomic E-state index is 0.0116. The van der Waals surface area contributed by atoms with Gasteiger partial charge in [0, 0.05) is 41.9 Å². The minimum Gasteiger partial charge on any atom is -0.497 e. The Morgan fingerprint density at radius 3 is 2.31 bits per heavy atom. The average Bonchev–Trinajstić information content (AvgIpc) is 3.18. The standard InChI is InChI=1S/C26H24F4N3O5P/c1-37-16-11-18(27)21(19(28)12-16)17-13-33(23-20(39(2,3)36)5-4-10-31-23)25(35)22(17)32-24(34)14-6-8-15(9-7-14)38-26(29)30/h4-12,17,22,26H,13H2,1-3H3,(H,32,34)/t17-,22-/m0/s1. The highest BCUT2D eigenvalue weighted by molar-refractivity contribution is 7.70. The summed E-state index contributed by atoms with van der Waals surface area (Å²) < 4.78 is 77.3. The average molecular weight is 565 g/mol. The number of halogens is 4. The number of pyridine rings is 1. The Kier molecular flexibility index (Phi) is 7.96. The molecular weight excluding hydrogens is 541 g/mol. The Balaban J connectivity index is 1.74. The Hall–Kier alpha value is -3.92. The Labute approximate surface area is 221 Å². The molecular formula is C26H24F4N3O5P. The lowest BCUT2D eigenvalue weighted by molar-refractivity contribution is -0.118. The van der Waals surface area contributed by atoms with E-state index in [1.54, 1.807) is 12.1 Å². The summed E-state index contributed by atoms with van der Waals surface area (Å²) in [7, 11) is -1.70. The van der Waals surface area contributed by atoms with E-state index in [0.717, 1.165) is 29.2 Å². The molecule has 1 aliphatic rings. The van der Waals surface area contributed by atoms with Gasteiger partial charge in [0.2, 0.25) is 0 Å². The number of anilines is 1. The van der Waals surface area contributed by atoms with Crippen LogP contribution in [-0.2, 0) is 9.36 Å². The molecule has 13 heteroatoms. The molecule has 1 saturated heterocycles. The SMILES string of the molecule is COc1cc(F)c([C@@H]2CN(c3ncccc3P(C)(C)=O)C(=O)[C@H]2NC(=O)c2ccc(OC(F)F)cc2)c(F)c1. The van der Waals surface area contributed by atoms with Gasteiger partial charge in [0.25, 0.3) is 11.8 Å². The smallest absolute Gasteiger partial charge is 0.387 e. The molecule has 2 heterocycles. The zero-order chi connectivity index (χ0) is 28.5. The number of carbonyl (C=O) groups excluding carboxylic acids is 2. The van der Waals surface area contributed by atoms with Crippen molar-refractivity contribution in [3.05, 3.63) is 77.5 Å². The van der Waals surface area contributed by atoms with Gasteiger partial charge in [0.1, 0.15) is 42.1 Å². The van der Waals surface area contributed by atoms with Gasteiger partial charge in [-0.2, -0.15) is 8.78 Å². The molecule has 2 aromatic carbocycles. The fourth-order valence-electron chi connectivity index (χ4n) is 4.41. The molecule has 0 spiro atoms. The van der Waals surface area contributed by atoms with E-state index in [4.69, 9.17) is 4.74 Å². The third-order valence-corrected chi connectivity index (χ3v) is 7.71. The molecule has 1 fully saturated rings. The second-order valence-electron chi connectivity index (χ2n) is 9.11. The van der Waals surface area contributed by atoms with Crippen LogP contribution in [0.15, 0.2) is 54.7 Å². The molecule has 0 saturated carbocycles. The second-order valence-corrected chi connectivity index (χ2v) is 12.3. The lowest BCUT2D eigenvalue weighted by atomic mass is 9.92. The highest BCUT2D eigenvalue weighted by atomic mass is 31.2. The normalized spacial score (nSPS) is 17.4. The van der Waals surface area contributed by atoms with Crippen LogP contribution >= 0.6 is 7.14 Å². The monoisotopic (exact) mass is 565 g/mol. The molecule has 0 unspecified atom stereocenters. The maximum absolute atomic E-state index is 15.2. The van der Waals surface area contributed by atoms with E-state index >= 15 is 8.78 Å². The zero-order valence-electron chi connectivity index (χ0n) is 21.0. The van der Waals surface area contributed by atoms with Crippen molar-refractivity contribution in [3.63, 3.8) is 0 Å². The van der Waals surface area contributed by atoms with E-state index < -0.39 is 54.7 Å². The van der Waals surface area contributed by atoms with Crippen LogP contribution < -0.4 is 25.0 Å². The largest absolute Gasteiger partial charge is 0.497 e. The minimum atomic E-state index is -3.06. The van der Waals surface area contributed by atoms with E-state index in [-0.39, 0.29) is 34.7 Å². The quantitative estimate of drug-likeness (QED) is 0.326. The van der Waals surface area contributed by atoms with Gasteiger partial charge in [-0.15, -0.1) is 0 Å². The van der Waals surface area contributed by atoms with Gasteiger partial charge in [-0.3, -0.25) is 14.5 Å². The summed E-state index contributed by atoms with van der Waals surface area (Å²) >= 11 is 0. The number of hydrogen-bond acceptors (Lipinski definition) is 6. The number of nitrogens with one attached hydrogen (secondary N) is 1. The third-order valence-electron chi connectivity index (χ3n) is 6.20. The van der Waals surface area contributed by atoms with Gasteiger partial charge in [-0.05, 0) is 49.7 Å². The predicted octanol–water partition coefficient (Wildman–Crippen LogP) is 4.15. The molecule has 0 aliphatic carbocycles. The maximum Gasteiger partial charge on any atom is 0.387 e. The first-order valence-electron chi connectivity index (χ1n) is 11.6. The van der Waals surface area contributed by atoms with Crippen LogP contribution in [0.25, 0.3) is 0 Å². The van der Waals surface area contributed by atoms with E-state index in [9.17, 15) is 22.9 Å². The first-order chi connectivity index (χ1) is 18.4. The molecule has 0 radical (unpaired) electrons. The number of ether oxygens (including phenoxy) is 2. The van der Waals surface area contributed by atoms with Crippen molar-refractivity contribution >= 4 is 30.1 Å². The van der Waals surface area contributed by atoms with Crippen molar-refractivity contribution in [2.45, 2.75) is 18.6 Å². The van der Waals surface area contributed by atoms with Crippen LogP contribution in [0.1, 0.15) is 21.8 Å². The highest BCUT2D eigenvalue weighted by Crippen LogP contribution is 2.41. The third kappa shape index (κ3) is 5.90. The first kappa shape index (κ1) is 28.1. The van der Waals surface area contributed by atoms with Crippen molar-refractivity contribution in [3.8, 4) is 11.5 Å². The molecule has 206 valence electrons. The van der Waals surface area contributed by atoms with Crippen LogP contribution in [0.4, 0.5) is 23.4 Å². The van der Waals surface area contributed by atoms with E-state index in [1.807, 2.05) is 0 Å². The van der Waals surface area contributed by atoms with Gasteiger partial charge in [-0.25, -0.2) is 13.8 Å². The number of carbonyl (C=O) groups is 2. The predicted molar refractivity (Wildman–Crippen MR) is 136 cm³/mol. The molecule has 8 nitrogen and oxygen atoms in total. The fourth-order valence-corrected chi connectivity index (χ4v) is 5.51. The molecule has 4 rings (SSSR count). The van der Waals surface area contributed by atoms with Crippen LogP contribution in [0.3, 0.4) is 0 Å². The summed E-state index contributed by atoms with van der Waals surface area (Å²) in [5.74, 6) is -4.92. The number of aromatic nitrogens is 1. The lowest BCUT2D eigenvalue weighted by Crippen LogP contribution is -2.44. The second kappa shape index (κ2) is 11.1. The Morgan fingerprint density at radius 1 is 1.10 bits per heavy atom. The summed E-state index contributed by atoms with van der Waals surface area (Å²) in [5, 5.41) is 2.80. The summed E-state index contributed by atoms with van der Waals surface area (Å²) in [5.41, 5.74) is -0.464. The molecule has 0 bridgehead atoms. The van der Waals surface area contributed by atoms with Gasteiger partial charge in [0.15, 0.2) is 0 Å². The number of amides is 2. The summed E-state index contributed by atoms with van der Waals surface area (Å²) in [6, 6.07) is 8.28. The number of methoxy groups -OCH3 is 1. The fraction of sp³-hybridized carbons (Fsp3) is 0.269. The molecule has 2 amide bonds. The zero-order valence-corrected chi connectivity index (χ0v) is 21.9. The van der Waals surface area contributed by atoms with Crippen molar-refractivity contribution in [2.24, 2.45) is 0 Å². The van der Waals surface area contributed by atoms with E-state index in [1.165, 1.54) is 38.8 Å². The van der Waals surface area contributed by atoms with Crippen LogP contribution in [0, 0.1) is 11.6 Å². The summed E-state index contributed by atoms with van der Waals surface area (Å²) in [4.78, 5) is 32.1. The number of hydrogen-bond donors (Lipinski definition) is 1. The van der Waals surface area contributed by atoms with Crippen LogP contribution in [-0.4, -0.2) is 56.4 Å². The summed E-state index contributed by atoms with van der Waals surface area (Å²) in [6.45, 7) is -0.348. The summed E-state index contributed by atoms with van der Waals surface area (Å²) in [6.07, 6.45) is 1.39. The topological polar surface area (TPSA) is 97.8 Å². The Morgan fingerprint density at radius 2 is 1.74 bits per heavy atom. The Bertz CT molecular complexity index is 1420. The number of benzene rings is 2. The van der Waals surface area contributed by atoms with Gasteiger partial charge in [-0.1, -0.05) is 0 Å². The van der Waals surface area contributed by atoms with Crippen molar-refractivity contribution in [2.75, 3.05) is 31.9 Å². The first-order valence-corrected chi connectivity index (χ1v) is 14.2.